The predicted octanol–water partition coefficient (Wildman–Crippen LogP) is 3.70. The van der Waals surface area contributed by atoms with Gasteiger partial charge in [-0.15, -0.1) is 0 Å². The van der Waals surface area contributed by atoms with Gasteiger partial charge in [-0.25, -0.2) is 4.39 Å². The molecule has 0 saturated carbocycles. The van der Waals surface area contributed by atoms with Crippen LogP contribution < -0.4 is 10.1 Å². The third kappa shape index (κ3) is 7.22. The maximum Gasteiger partial charge on any atom is 0.261 e. The van der Waals surface area contributed by atoms with Gasteiger partial charge in [-0.1, -0.05) is 43.7 Å². The molecule has 0 radical (unpaired) electrons. The Morgan fingerprint density at radius 3 is 2.24 bits per heavy atom. The number of halogens is 1. The van der Waals surface area contributed by atoms with Crippen molar-refractivity contribution in [2.45, 2.75) is 40.3 Å². The van der Waals surface area contributed by atoms with Crippen molar-refractivity contribution >= 4 is 11.8 Å². The molecule has 0 aliphatic carbocycles. The minimum Gasteiger partial charge on any atom is -0.484 e. The van der Waals surface area contributed by atoms with Crippen molar-refractivity contribution in [3.63, 3.8) is 0 Å². The van der Waals surface area contributed by atoms with E-state index >= 15 is 0 Å². The van der Waals surface area contributed by atoms with Crippen LogP contribution in [0.2, 0.25) is 0 Å². The molecule has 0 aliphatic heterocycles. The Bertz CT molecular complexity index is 804. The highest BCUT2D eigenvalue weighted by Gasteiger charge is 2.26. The molecule has 5 nitrogen and oxygen atoms in total. The second-order valence-corrected chi connectivity index (χ2v) is 7.56. The van der Waals surface area contributed by atoms with Crippen LogP contribution in [0.25, 0.3) is 0 Å². The van der Waals surface area contributed by atoms with Crippen molar-refractivity contribution < 1.29 is 18.7 Å². The van der Waals surface area contributed by atoms with Crippen LogP contribution in [0.5, 0.6) is 5.75 Å². The fraction of sp³-hybridized carbons (Fsp3) is 0.391. The van der Waals surface area contributed by atoms with Crippen LogP contribution in [0.3, 0.4) is 0 Å². The molecule has 2 aromatic rings. The Balaban J connectivity index is 2.10. The highest BCUT2D eigenvalue weighted by Crippen LogP contribution is 2.14. The third-order valence-electron chi connectivity index (χ3n) is 4.50. The van der Waals surface area contributed by atoms with E-state index in [2.05, 4.69) is 5.32 Å². The van der Waals surface area contributed by atoms with Crippen molar-refractivity contribution in [1.29, 1.82) is 0 Å². The number of ether oxygens (including phenoxy) is 1. The first-order valence-electron chi connectivity index (χ1n) is 9.77. The first-order valence-corrected chi connectivity index (χ1v) is 9.77. The van der Waals surface area contributed by atoms with E-state index in [9.17, 15) is 14.0 Å². The molecule has 0 fully saturated rings. The molecule has 0 heterocycles. The van der Waals surface area contributed by atoms with E-state index < -0.39 is 6.04 Å². The van der Waals surface area contributed by atoms with E-state index in [0.29, 0.717) is 18.2 Å². The zero-order valence-electron chi connectivity index (χ0n) is 17.4. The van der Waals surface area contributed by atoms with Crippen molar-refractivity contribution in [3.8, 4) is 5.75 Å². The number of amides is 2. The van der Waals surface area contributed by atoms with Gasteiger partial charge in [-0.2, -0.15) is 0 Å². The fourth-order valence-corrected chi connectivity index (χ4v) is 2.68. The molecule has 0 aliphatic rings. The van der Waals surface area contributed by atoms with E-state index in [0.717, 1.165) is 11.1 Å². The number of aryl methyl sites for hydroxylation is 1. The summed E-state index contributed by atoms with van der Waals surface area (Å²) < 4.78 is 18.8. The van der Waals surface area contributed by atoms with E-state index in [1.807, 2.05) is 32.9 Å². The number of rotatable bonds is 9. The van der Waals surface area contributed by atoms with Crippen molar-refractivity contribution in [3.05, 3.63) is 65.5 Å². The van der Waals surface area contributed by atoms with E-state index in [1.165, 1.54) is 17.0 Å². The number of benzene rings is 2. The van der Waals surface area contributed by atoms with Gasteiger partial charge in [0.1, 0.15) is 17.6 Å². The van der Waals surface area contributed by atoms with Crippen molar-refractivity contribution in [2.75, 3.05) is 13.2 Å². The predicted molar refractivity (Wildman–Crippen MR) is 111 cm³/mol. The molecular weight excluding hydrogens is 371 g/mol. The molecule has 6 heteroatoms. The summed E-state index contributed by atoms with van der Waals surface area (Å²) in [4.78, 5) is 26.9. The summed E-state index contributed by atoms with van der Waals surface area (Å²) >= 11 is 0. The van der Waals surface area contributed by atoms with Crippen LogP contribution in [-0.2, 0) is 16.1 Å². The topological polar surface area (TPSA) is 58.6 Å². The van der Waals surface area contributed by atoms with Gasteiger partial charge in [0.2, 0.25) is 5.91 Å². The lowest BCUT2D eigenvalue weighted by molar-refractivity contribution is -0.142. The van der Waals surface area contributed by atoms with Crippen LogP contribution >= 0.6 is 0 Å². The molecule has 2 aromatic carbocycles. The van der Waals surface area contributed by atoms with E-state index in [1.54, 1.807) is 31.2 Å². The highest BCUT2D eigenvalue weighted by atomic mass is 19.1. The monoisotopic (exact) mass is 400 g/mol. The van der Waals surface area contributed by atoms with Crippen LogP contribution in [0.4, 0.5) is 4.39 Å². The summed E-state index contributed by atoms with van der Waals surface area (Å²) in [5.41, 5.74) is 1.83. The lowest BCUT2D eigenvalue weighted by Gasteiger charge is -2.29. The molecule has 0 aromatic heterocycles. The van der Waals surface area contributed by atoms with Crippen LogP contribution in [0, 0.1) is 18.7 Å². The van der Waals surface area contributed by atoms with Crippen LogP contribution in [-0.4, -0.2) is 35.9 Å². The first kappa shape index (κ1) is 22.4. The second kappa shape index (κ2) is 10.6. The number of carbonyl (C=O) groups excluding carboxylic acids is 2. The Morgan fingerprint density at radius 2 is 1.66 bits per heavy atom. The van der Waals surface area contributed by atoms with Crippen molar-refractivity contribution in [1.82, 2.24) is 10.2 Å². The zero-order valence-corrected chi connectivity index (χ0v) is 17.4. The quantitative estimate of drug-likeness (QED) is 0.698. The van der Waals surface area contributed by atoms with Gasteiger partial charge in [0, 0.05) is 13.1 Å². The fourth-order valence-electron chi connectivity index (χ4n) is 2.68. The summed E-state index contributed by atoms with van der Waals surface area (Å²) in [6.07, 6.45) is 0. The highest BCUT2D eigenvalue weighted by molar-refractivity contribution is 5.87. The van der Waals surface area contributed by atoms with Gasteiger partial charge in [-0.3, -0.25) is 9.59 Å². The molecule has 1 atom stereocenters. The summed E-state index contributed by atoms with van der Waals surface area (Å²) in [5.74, 6) is -0.0106. The lowest BCUT2D eigenvalue weighted by Crippen LogP contribution is -2.49. The maximum absolute atomic E-state index is 13.2. The lowest BCUT2D eigenvalue weighted by atomic mass is 10.1. The average molecular weight is 400 g/mol. The normalized spacial score (nSPS) is 11.8. The minimum absolute atomic E-state index is 0.187. The minimum atomic E-state index is -0.687. The molecule has 0 saturated heterocycles. The molecule has 1 N–H and O–H groups in total. The van der Waals surface area contributed by atoms with Gasteiger partial charge >= 0.3 is 0 Å². The van der Waals surface area contributed by atoms with Gasteiger partial charge in [0.25, 0.3) is 5.91 Å². The molecule has 0 bridgehead atoms. The maximum atomic E-state index is 13.2. The van der Waals surface area contributed by atoms with Crippen LogP contribution in [0.1, 0.15) is 31.9 Å². The van der Waals surface area contributed by atoms with Gasteiger partial charge < -0.3 is 15.0 Å². The summed E-state index contributed by atoms with van der Waals surface area (Å²) in [6.45, 7) is 8.18. The van der Waals surface area contributed by atoms with Gasteiger partial charge in [0.05, 0.1) is 0 Å². The molecule has 0 spiro atoms. The molecule has 156 valence electrons. The zero-order chi connectivity index (χ0) is 21.4. The van der Waals surface area contributed by atoms with Gasteiger partial charge in [0.15, 0.2) is 6.61 Å². The summed E-state index contributed by atoms with van der Waals surface area (Å²) in [5, 5.41) is 2.86. The average Bonchev–Trinajstić information content (AvgIpc) is 2.70. The summed E-state index contributed by atoms with van der Waals surface area (Å²) in [7, 11) is 0. The largest absolute Gasteiger partial charge is 0.484 e. The van der Waals surface area contributed by atoms with Crippen LogP contribution in [0.15, 0.2) is 48.5 Å². The van der Waals surface area contributed by atoms with E-state index in [4.69, 9.17) is 4.74 Å². The number of hydrogen-bond donors (Lipinski definition) is 1. The number of hydrogen-bond acceptors (Lipinski definition) is 3. The number of carbonyl (C=O) groups is 2. The molecule has 29 heavy (non-hydrogen) atoms. The third-order valence-corrected chi connectivity index (χ3v) is 4.50. The summed E-state index contributed by atoms with van der Waals surface area (Å²) in [6, 6.07) is 12.6. The Morgan fingerprint density at radius 1 is 1.03 bits per heavy atom. The Hall–Kier alpha value is -2.89. The smallest absolute Gasteiger partial charge is 0.261 e. The number of nitrogens with zero attached hydrogens (tertiary/aromatic N) is 1. The second-order valence-electron chi connectivity index (χ2n) is 7.56. The number of nitrogens with one attached hydrogen (secondary N) is 1. The molecular formula is C23H29FN2O3. The molecule has 2 amide bonds. The molecule has 2 rings (SSSR count). The SMILES string of the molecule is Cc1ccc(OCC(=O)N(Cc2ccc(F)cc2)[C@@H](C)C(=O)NCC(C)C)cc1. The Labute approximate surface area is 171 Å². The molecule has 0 unspecified atom stereocenters. The van der Waals surface area contributed by atoms with Crippen molar-refractivity contribution in [2.24, 2.45) is 5.92 Å². The first-order chi connectivity index (χ1) is 13.8. The Kier molecular flexibility index (Phi) is 8.19. The van der Waals surface area contributed by atoms with E-state index in [-0.39, 0.29) is 30.8 Å². The standard InChI is InChI=1S/C23H29FN2O3/c1-16(2)13-25-23(28)18(4)26(14-19-7-9-20(24)10-8-19)22(27)15-29-21-11-5-17(3)6-12-21/h5-12,16,18H,13-15H2,1-4H3,(H,25,28)/t18-/m0/s1. The van der Waals surface area contributed by atoms with Gasteiger partial charge in [-0.05, 0) is 49.6 Å².